The number of nitrogens with two attached hydrogens (primary N) is 2. The summed E-state index contributed by atoms with van der Waals surface area (Å²) in [6.45, 7) is 6.00. The third-order valence-electron chi connectivity index (χ3n) is 1.92. The average molecular weight is 195 g/mol. The second kappa shape index (κ2) is 4.13. The Morgan fingerprint density at radius 2 is 2.21 bits per heavy atom. The van der Waals surface area contributed by atoms with E-state index < -0.39 is 0 Å². The van der Waals surface area contributed by atoms with E-state index in [1.807, 2.05) is 26.8 Å². The molecule has 0 bridgehead atoms. The fourth-order valence-electron chi connectivity index (χ4n) is 1.20. The van der Waals surface area contributed by atoms with Crippen LogP contribution >= 0.6 is 0 Å². The summed E-state index contributed by atoms with van der Waals surface area (Å²) in [7, 11) is 0. The summed E-state index contributed by atoms with van der Waals surface area (Å²) >= 11 is 0. The Balaban J connectivity index is 3.07. The standard InChI is InChI=1S/C9H17N5/c1-4-5-7(10)8-9(11)14(6(2)3)13-12-8/h5-6H,4,10-11H2,1-3H3/b7-5+. The van der Waals surface area contributed by atoms with Crippen molar-refractivity contribution in [1.82, 2.24) is 15.0 Å². The molecule has 1 aromatic rings. The molecule has 0 saturated carbocycles. The molecule has 0 fully saturated rings. The van der Waals surface area contributed by atoms with Gasteiger partial charge in [0.15, 0.2) is 11.5 Å². The molecule has 0 aliphatic rings. The third-order valence-corrected chi connectivity index (χ3v) is 1.92. The van der Waals surface area contributed by atoms with Crippen molar-refractivity contribution in [3.8, 4) is 0 Å². The van der Waals surface area contributed by atoms with Gasteiger partial charge in [-0.25, -0.2) is 4.68 Å². The van der Waals surface area contributed by atoms with Crippen molar-refractivity contribution in [2.45, 2.75) is 33.2 Å². The molecule has 1 aromatic heterocycles. The fourth-order valence-corrected chi connectivity index (χ4v) is 1.20. The topological polar surface area (TPSA) is 82.8 Å². The molecular weight excluding hydrogens is 178 g/mol. The molecule has 78 valence electrons. The van der Waals surface area contributed by atoms with Gasteiger partial charge in [0.2, 0.25) is 0 Å². The number of rotatable bonds is 3. The van der Waals surface area contributed by atoms with Gasteiger partial charge in [0, 0.05) is 0 Å². The van der Waals surface area contributed by atoms with Crippen LogP contribution in [-0.2, 0) is 0 Å². The van der Waals surface area contributed by atoms with E-state index in [1.54, 1.807) is 4.68 Å². The SMILES string of the molecule is CC/C=C(/N)c1nnn(C(C)C)c1N. The Bertz CT molecular complexity index is 337. The quantitative estimate of drug-likeness (QED) is 0.758. The number of allylic oxidation sites excluding steroid dienone is 1. The molecule has 0 amide bonds. The minimum atomic E-state index is 0.200. The summed E-state index contributed by atoms with van der Waals surface area (Å²) in [6.07, 6.45) is 2.74. The lowest BCUT2D eigenvalue weighted by atomic mass is 10.2. The van der Waals surface area contributed by atoms with E-state index in [0.29, 0.717) is 17.2 Å². The first-order valence-electron chi connectivity index (χ1n) is 4.74. The Hall–Kier alpha value is -1.52. The number of nitrogen functional groups attached to an aromatic ring is 1. The normalized spacial score (nSPS) is 12.4. The zero-order chi connectivity index (χ0) is 10.7. The second-order valence-electron chi connectivity index (χ2n) is 3.43. The van der Waals surface area contributed by atoms with Gasteiger partial charge in [0.1, 0.15) is 0 Å². The predicted octanol–water partition coefficient (Wildman–Crippen LogP) is 1.15. The summed E-state index contributed by atoms with van der Waals surface area (Å²) in [5.74, 6) is 0.530. The number of nitrogens with zero attached hydrogens (tertiary/aromatic N) is 3. The highest BCUT2D eigenvalue weighted by atomic mass is 15.5. The number of hydrogen-bond donors (Lipinski definition) is 2. The van der Waals surface area contributed by atoms with Crippen LogP contribution in [0.25, 0.3) is 5.70 Å². The van der Waals surface area contributed by atoms with Crippen LogP contribution in [0.4, 0.5) is 5.82 Å². The van der Waals surface area contributed by atoms with Crippen LogP contribution in [0.5, 0.6) is 0 Å². The van der Waals surface area contributed by atoms with Crippen molar-refractivity contribution in [2.75, 3.05) is 5.73 Å². The van der Waals surface area contributed by atoms with E-state index in [9.17, 15) is 0 Å². The summed E-state index contributed by atoms with van der Waals surface area (Å²) in [5, 5.41) is 7.89. The smallest absolute Gasteiger partial charge is 0.152 e. The molecule has 0 saturated heterocycles. The van der Waals surface area contributed by atoms with E-state index in [1.165, 1.54) is 0 Å². The lowest BCUT2D eigenvalue weighted by Gasteiger charge is -2.06. The lowest BCUT2D eigenvalue weighted by Crippen LogP contribution is -2.08. The van der Waals surface area contributed by atoms with E-state index >= 15 is 0 Å². The van der Waals surface area contributed by atoms with Crippen molar-refractivity contribution < 1.29 is 0 Å². The molecule has 0 aromatic carbocycles. The van der Waals surface area contributed by atoms with Gasteiger partial charge in [-0.1, -0.05) is 18.2 Å². The first-order chi connectivity index (χ1) is 6.57. The van der Waals surface area contributed by atoms with E-state index in [2.05, 4.69) is 10.3 Å². The largest absolute Gasteiger partial charge is 0.397 e. The molecule has 5 nitrogen and oxygen atoms in total. The van der Waals surface area contributed by atoms with Crippen molar-refractivity contribution in [3.63, 3.8) is 0 Å². The van der Waals surface area contributed by atoms with Crippen LogP contribution in [-0.4, -0.2) is 15.0 Å². The molecule has 5 heteroatoms. The summed E-state index contributed by atoms with van der Waals surface area (Å²) in [4.78, 5) is 0. The third kappa shape index (κ3) is 1.86. The number of hydrogen-bond acceptors (Lipinski definition) is 4. The fraction of sp³-hybridized carbons (Fsp3) is 0.556. The minimum absolute atomic E-state index is 0.200. The van der Waals surface area contributed by atoms with Gasteiger partial charge in [0.05, 0.1) is 11.7 Å². The molecule has 0 aliphatic carbocycles. The van der Waals surface area contributed by atoms with E-state index in [0.717, 1.165) is 6.42 Å². The average Bonchev–Trinajstić information content (AvgIpc) is 2.47. The van der Waals surface area contributed by atoms with Gasteiger partial charge >= 0.3 is 0 Å². The zero-order valence-electron chi connectivity index (χ0n) is 8.86. The maximum atomic E-state index is 5.85. The maximum absolute atomic E-state index is 5.85. The molecule has 1 rings (SSSR count). The summed E-state index contributed by atoms with van der Waals surface area (Å²) < 4.78 is 1.66. The Kier molecular flexibility index (Phi) is 3.11. The Morgan fingerprint density at radius 1 is 1.57 bits per heavy atom. The van der Waals surface area contributed by atoms with Gasteiger partial charge in [-0.05, 0) is 20.3 Å². The van der Waals surface area contributed by atoms with Crippen molar-refractivity contribution in [3.05, 3.63) is 11.8 Å². The van der Waals surface area contributed by atoms with Crippen molar-refractivity contribution >= 4 is 11.5 Å². The highest BCUT2D eigenvalue weighted by molar-refractivity contribution is 5.67. The molecule has 0 radical (unpaired) electrons. The van der Waals surface area contributed by atoms with E-state index in [-0.39, 0.29) is 6.04 Å². The molecule has 0 unspecified atom stereocenters. The van der Waals surface area contributed by atoms with Gasteiger partial charge in [0.25, 0.3) is 0 Å². The van der Waals surface area contributed by atoms with Gasteiger partial charge in [-0.3, -0.25) is 0 Å². The minimum Gasteiger partial charge on any atom is -0.397 e. The molecule has 0 spiro atoms. The van der Waals surface area contributed by atoms with Crippen molar-refractivity contribution in [2.24, 2.45) is 5.73 Å². The maximum Gasteiger partial charge on any atom is 0.152 e. The number of anilines is 1. The first-order valence-corrected chi connectivity index (χ1v) is 4.74. The molecule has 0 aliphatic heterocycles. The molecule has 14 heavy (non-hydrogen) atoms. The number of aromatic nitrogens is 3. The van der Waals surface area contributed by atoms with Crippen LogP contribution in [0.1, 0.15) is 38.9 Å². The highest BCUT2D eigenvalue weighted by Gasteiger charge is 2.12. The van der Waals surface area contributed by atoms with Gasteiger partial charge in [-0.15, -0.1) is 5.10 Å². The zero-order valence-corrected chi connectivity index (χ0v) is 8.86. The lowest BCUT2D eigenvalue weighted by molar-refractivity contribution is 0.521. The monoisotopic (exact) mass is 195 g/mol. The second-order valence-corrected chi connectivity index (χ2v) is 3.43. The van der Waals surface area contributed by atoms with Gasteiger partial charge < -0.3 is 11.5 Å². The van der Waals surface area contributed by atoms with Crippen LogP contribution in [0.15, 0.2) is 6.08 Å². The molecular formula is C9H17N5. The van der Waals surface area contributed by atoms with Crippen molar-refractivity contribution in [1.29, 1.82) is 0 Å². The predicted molar refractivity (Wildman–Crippen MR) is 57.3 cm³/mol. The van der Waals surface area contributed by atoms with Crippen LogP contribution < -0.4 is 11.5 Å². The Morgan fingerprint density at radius 3 is 2.64 bits per heavy atom. The molecule has 1 heterocycles. The van der Waals surface area contributed by atoms with Crippen LogP contribution in [0.2, 0.25) is 0 Å². The van der Waals surface area contributed by atoms with Gasteiger partial charge in [-0.2, -0.15) is 0 Å². The molecule has 0 atom stereocenters. The highest BCUT2D eigenvalue weighted by Crippen LogP contribution is 2.17. The Labute approximate surface area is 83.8 Å². The van der Waals surface area contributed by atoms with Crippen LogP contribution in [0, 0.1) is 0 Å². The molecule has 4 N–H and O–H groups in total. The van der Waals surface area contributed by atoms with E-state index in [4.69, 9.17) is 11.5 Å². The summed E-state index contributed by atoms with van der Waals surface area (Å²) in [5.41, 5.74) is 12.8. The van der Waals surface area contributed by atoms with Crippen LogP contribution in [0.3, 0.4) is 0 Å². The first kappa shape index (κ1) is 10.6. The summed E-state index contributed by atoms with van der Waals surface area (Å²) in [6, 6.07) is 0.200.